The molecule has 0 aliphatic carbocycles. The van der Waals surface area contributed by atoms with Gasteiger partial charge in [0, 0.05) is 12.3 Å². The van der Waals surface area contributed by atoms with Gasteiger partial charge in [-0.2, -0.15) is 0 Å². The second-order valence-corrected chi connectivity index (χ2v) is 10.9. The molecule has 0 saturated carbocycles. The number of hydrogen-bond acceptors (Lipinski definition) is 7. The fraction of sp³-hybridized carbons (Fsp3) is 0.750. The summed E-state index contributed by atoms with van der Waals surface area (Å²) >= 11 is 0. The minimum absolute atomic E-state index is 0.0721. The molecule has 0 bridgehead atoms. The molecular weight excluding hydrogens is 448 g/mol. The van der Waals surface area contributed by atoms with Gasteiger partial charge in [0.1, 0.15) is 6.10 Å². The van der Waals surface area contributed by atoms with E-state index in [0.717, 1.165) is 12.8 Å². The molecule has 7 heteroatoms. The third-order valence-corrected chi connectivity index (χ3v) is 7.30. The molecular formula is C28H46O7. The number of ether oxygens (including phenoxy) is 2. The van der Waals surface area contributed by atoms with E-state index in [9.17, 15) is 25.2 Å². The molecule has 7 unspecified atom stereocenters. The molecule has 7 nitrogen and oxygen atoms in total. The maximum Gasteiger partial charge on any atom is 0.373 e. The first-order valence-corrected chi connectivity index (χ1v) is 13.1. The molecule has 0 radical (unpaired) electrons. The highest BCUT2D eigenvalue weighted by Crippen LogP contribution is 2.36. The Morgan fingerprint density at radius 1 is 1.23 bits per heavy atom. The quantitative estimate of drug-likeness (QED) is 0.132. The predicted octanol–water partition coefficient (Wildman–Crippen LogP) is 4.00. The van der Waals surface area contributed by atoms with Gasteiger partial charge in [-0.05, 0) is 55.9 Å². The molecule has 35 heavy (non-hydrogen) atoms. The zero-order valence-corrected chi connectivity index (χ0v) is 22.2. The maximum atomic E-state index is 12.6. The summed E-state index contributed by atoms with van der Waals surface area (Å²) in [5.41, 5.74) is 0.707. The first-order chi connectivity index (χ1) is 16.3. The lowest BCUT2D eigenvalue weighted by Crippen LogP contribution is -2.61. The third kappa shape index (κ3) is 8.25. The van der Waals surface area contributed by atoms with Crippen molar-refractivity contribution in [3.05, 3.63) is 36.0 Å². The van der Waals surface area contributed by atoms with Gasteiger partial charge in [-0.25, -0.2) is 4.79 Å². The van der Waals surface area contributed by atoms with Gasteiger partial charge in [0.2, 0.25) is 5.79 Å². The lowest BCUT2D eigenvalue weighted by atomic mass is 9.91. The molecule has 0 aromatic rings. The van der Waals surface area contributed by atoms with Gasteiger partial charge < -0.3 is 29.9 Å². The summed E-state index contributed by atoms with van der Waals surface area (Å²) in [5.74, 6) is -7.22. The standard InChI is InChI=1S/C28H46O7/c1-7-10-20(4)25-23(34-25)17-19(3)12-9-14-22(6)24-21(5)13-8-11-18(2)15-16-27(30,31)28(32,33)26(29)35-24/h8-9,12-14,18-21,23-25,30-33H,7,10-11,15-17H2,1-6H3. The van der Waals surface area contributed by atoms with E-state index in [0.29, 0.717) is 42.5 Å². The number of rotatable bonds is 8. The Morgan fingerprint density at radius 2 is 1.91 bits per heavy atom. The Hall–Kier alpha value is -1.51. The van der Waals surface area contributed by atoms with E-state index >= 15 is 0 Å². The number of aliphatic hydroxyl groups is 4. The van der Waals surface area contributed by atoms with Crippen molar-refractivity contribution in [3.63, 3.8) is 0 Å². The number of hydrogen-bond donors (Lipinski definition) is 4. The lowest BCUT2D eigenvalue weighted by molar-refractivity contribution is -0.349. The Kier molecular flexibility index (Phi) is 10.7. The Balaban J connectivity index is 2.11. The molecule has 0 aromatic heterocycles. The summed E-state index contributed by atoms with van der Waals surface area (Å²) in [7, 11) is 0. The first kappa shape index (κ1) is 29.7. The van der Waals surface area contributed by atoms with Crippen molar-refractivity contribution in [2.24, 2.45) is 23.7 Å². The fourth-order valence-electron chi connectivity index (χ4n) is 4.75. The average Bonchev–Trinajstić information content (AvgIpc) is 3.54. The highest BCUT2D eigenvalue weighted by Gasteiger charge is 2.55. The Labute approximate surface area is 210 Å². The van der Waals surface area contributed by atoms with Crippen molar-refractivity contribution in [3.8, 4) is 0 Å². The Bertz CT molecular complexity index is 782. The van der Waals surface area contributed by atoms with E-state index in [1.165, 1.54) is 6.42 Å². The predicted molar refractivity (Wildman–Crippen MR) is 135 cm³/mol. The summed E-state index contributed by atoms with van der Waals surface area (Å²) in [6.45, 7) is 12.2. The van der Waals surface area contributed by atoms with Crippen LogP contribution in [0, 0.1) is 23.7 Å². The maximum absolute atomic E-state index is 12.6. The largest absolute Gasteiger partial charge is 0.453 e. The van der Waals surface area contributed by atoms with E-state index < -0.39 is 23.6 Å². The van der Waals surface area contributed by atoms with Gasteiger partial charge in [-0.3, -0.25) is 0 Å². The number of carbonyl (C=O) groups excluding carboxylic acids is 1. The van der Waals surface area contributed by atoms with Crippen LogP contribution >= 0.6 is 0 Å². The fourth-order valence-corrected chi connectivity index (χ4v) is 4.75. The summed E-state index contributed by atoms with van der Waals surface area (Å²) in [5, 5.41) is 41.0. The molecule has 0 aromatic carbocycles. The van der Waals surface area contributed by atoms with E-state index in [1.54, 1.807) is 6.92 Å². The van der Waals surface area contributed by atoms with Gasteiger partial charge in [-0.15, -0.1) is 0 Å². The summed E-state index contributed by atoms with van der Waals surface area (Å²) in [4.78, 5) is 12.6. The van der Waals surface area contributed by atoms with Crippen molar-refractivity contribution in [1.29, 1.82) is 0 Å². The van der Waals surface area contributed by atoms with Crippen LogP contribution in [0.5, 0.6) is 0 Å². The first-order valence-electron chi connectivity index (χ1n) is 13.1. The number of allylic oxidation sites excluding steroid dienone is 4. The van der Waals surface area contributed by atoms with Gasteiger partial charge in [0.05, 0.1) is 12.2 Å². The second-order valence-electron chi connectivity index (χ2n) is 10.9. The van der Waals surface area contributed by atoms with Gasteiger partial charge >= 0.3 is 11.8 Å². The molecule has 0 amide bonds. The van der Waals surface area contributed by atoms with Crippen LogP contribution in [0.15, 0.2) is 36.0 Å². The molecule has 4 N–H and O–H groups in total. The van der Waals surface area contributed by atoms with Crippen LogP contribution in [0.25, 0.3) is 0 Å². The molecule has 2 heterocycles. The van der Waals surface area contributed by atoms with E-state index in [1.807, 2.05) is 38.2 Å². The number of carbonyl (C=O) groups is 1. The van der Waals surface area contributed by atoms with Crippen LogP contribution in [0.4, 0.5) is 0 Å². The van der Waals surface area contributed by atoms with Crippen molar-refractivity contribution in [2.45, 2.75) is 110 Å². The molecule has 7 atom stereocenters. The van der Waals surface area contributed by atoms with Crippen LogP contribution in [-0.4, -0.2) is 56.3 Å². The number of epoxide rings is 1. The Morgan fingerprint density at radius 3 is 2.57 bits per heavy atom. The molecule has 200 valence electrons. The monoisotopic (exact) mass is 494 g/mol. The van der Waals surface area contributed by atoms with Crippen molar-refractivity contribution >= 4 is 5.97 Å². The van der Waals surface area contributed by atoms with E-state index in [2.05, 4.69) is 26.8 Å². The van der Waals surface area contributed by atoms with Crippen molar-refractivity contribution in [1.82, 2.24) is 0 Å². The van der Waals surface area contributed by atoms with Crippen molar-refractivity contribution < 1.29 is 34.7 Å². The molecule has 2 aliphatic rings. The van der Waals surface area contributed by atoms with Crippen molar-refractivity contribution in [2.75, 3.05) is 0 Å². The van der Waals surface area contributed by atoms with E-state index in [-0.39, 0.29) is 18.3 Å². The topological polar surface area (TPSA) is 120 Å². The molecule has 1 saturated heterocycles. The molecule has 2 aliphatic heterocycles. The molecule has 1 fully saturated rings. The van der Waals surface area contributed by atoms with Gasteiger partial charge in [0.15, 0.2) is 0 Å². The highest BCUT2D eigenvalue weighted by atomic mass is 16.6. The van der Waals surface area contributed by atoms with Crippen LogP contribution < -0.4 is 0 Å². The van der Waals surface area contributed by atoms with Crippen LogP contribution in [-0.2, 0) is 14.3 Å². The average molecular weight is 495 g/mol. The molecule has 0 spiro atoms. The lowest BCUT2D eigenvalue weighted by Gasteiger charge is -2.35. The van der Waals surface area contributed by atoms with Gasteiger partial charge in [-0.1, -0.05) is 71.4 Å². The minimum atomic E-state index is -3.44. The summed E-state index contributed by atoms with van der Waals surface area (Å²) in [6, 6.07) is 0. The minimum Gasteiger partial charge on any atom is -0.453 e. The second kappa shape index (κ2) is 12.6. The van der Waals surface area contributed by atoms with Crippen LogP contribution in [0.1, 0.15) is 80.1 Å². The van der Waals surface area contributed by atoms with Crippen LogP contribution in [0.2, 0.25) is 0 Å². The smallest absolute Gasteiger partial charge is 0.373 e. The number of cyclic esters (lactones) is 1. The van der Waals surface area contributed by atoms with E-state index in [4.69, 9.17) is 9.47 Å². The SMILES string of the molecule is CCCC(C)C1OC1CC(C)C=CC=C(C)C1OC(=O)C(O)(O)C(O)(O)CCC(C)CC=CC1C. The zero-order chi connectivity index (χ0) is 26.4. The summed E-state index contributed by atoms with van der Waals surface area (Å²) in [6.07, 6.45) is 13.6. The third-order valence-electron chi connectivity index (χ3n) is 7.30. The highest BCUT2D eigenvalue weighted by molar-refractivity contribution is 5.79. The number of esters is 1. The summed E-state index contributed by atoms with van der Waals surface area (Å²) < 4.78 is 11.3. The van der Waals surface area contributed by atoms with Gasteiger partial charge in [0.25, 0.3) is 0 Å². The van der Waals surface area contributed by atoms with Crippen LogP contribution in [0.3, 0.4) is 0 Å². The molecule has 2 rings (SSSR count). The normalized spacial score (nSPS) is 33.5. The zero-order valence-electron chi connectivity index (χ0n) is 22.2.